The van der Waals surface area contributed by atoms with E-state index in [2.05, 4.69) is 32.3 Å². The van der Waals surface area contributed by atoms with Crippen molar-refractivity contribution in [2.24, 2.45) is 0 Å². The van der Waals surface area contributed by atoms with Crippen molar-refractivity contribution in [2.45, 2.75) is 19.6 Å². The molecule has 0 aliphatic heterocycles. The van der Waals surface area contributed by atoms with Crippen LogP contribution in [0.4, 0.5) is 0 Å². The predicted molar refractivity (Wildman–Crippen MR) is 72.8 cm³/mol. The Morgan fingerprint density at radius 1 is 1.41 bits per heavy atom. The Bertz CT molecular complexity index is 514. The third-order valence-corrected chi connectivity index (χ3v) is 3.25. The largest absolute Gasteiger partial charge is 0.392 e. The number of pyridine rings is 1. The summed E-state index contributed by atoms with van der Waals surface area (Å²) in [6, 6.07) is 8.06. The number of hydrogen-bond acceptors (Lipinski definition) is 3. The average Bonchev–Trinajstić information content (AvgIpc) is 2.32. The molecule has 3 nitrogen and oxygen atoms in total. The summed E-state index contributed by atoms with van der Waals surface area (Å²) < 4.78 is 1.06. The van der Waals surface area contributed by atoms with Crippen molar-refractivity contribution in [2.75, 3.05) is 6.54 Å². The Morgan fingerprint density at radius 2 is 2.24 bits per heavy atom. The van der Waals surface area contributed by atoms with E-state index in [9.17, 15) is 5.11 Å². The number of fused-ring (bicyclic) bond motifs is 1. The molecule has 0 saturated heterocycles. The van der Waals surface area contributed by atoms with Crippen LogP contribution in [0, 0.1) is 0 Å². The molecular weight excluding hydrogens is 280 g/mol. The van der Waals surface area contributed by atoms with Crippen LogP contribution >= 0.6 is 15.9 Å². The predicted octanol–water partition coefficient (Wildman–Crippen LogP) is 2.47. The standard InChI is InChI=1S/C13H15BrN2O/c1-9(17)7-15-8-10-4-5-12(14)11-3-2-6-16-13(10)11/h2-6,9,15,17H,7-8H2,1H3. The number of aliphatic hydroxyl groups is 1. The quantitative estimate of drug-likeness (QED) is 0.911. The molecule has 17 heavy (non-hydrogen) atoms. The van der Waals surface area contributed by atoms with Crippen molar-refractivity contribution in [3.63, 3.8) is 0 Å². The topological polar surface area (TPSA) is 45.1 Å². The molecule has 0 fully saturated rings. The Balaban J connectivity index is 2.26. The highest BCUT2D eigenvalue weighted by Gasteiger charge is 2.05. The summed E-state index contributed by atoms with van der Waals surface area (Å²) in [7, 11) is 0. The molecule has 2 aromatic rings. The van der Waals surface area contributed by atoms with E-state index in [0.717, 1.165) is 20.9 Å². The molecule has 0 saturated carbocycles. The van der Waals surface area contributed by atoms with Gasteiger partial charge in [0.05, 0.1) is 11.6 Å². The van der Waals surface area contributed by atoms with Gasteiger partial charge in [0.1, 0.15) is 0 Å². The first-order valence-electron chi connectivity index (χ1n) is 5.59. The van der Waals surface area contributed by atoms with Crippen LogP contribution in [-0.2, 0) is 6.54 Å². The van der Waals surface area contributed by atoms with Crippen LogP contribution in [0.5, 0.6) is 0 Å². The van der Waals surface area contributed by atoms with Crippen LogP contribution in [0.25, 0.3) is 10.9 Å². The zero-order valence-electron chi connectivity index (χ0n) is 9.65. The van der Waals surface area contributed by atoms with Crippen LogP contribution in [0.3, 0.4) is 0 Å². The molecule has 4 heteroatoms. The lowest BCUT2D eigenvalue weighted by molar-refractivity contribution is 0.191. The number of aromatic nitrogens is 1. The lowest BCUT2D eigenvalue weighted by atomic mass is 10.1. The first-order valence-corrected chi connectivity index (χ1v) is 6.38. The molecule has 0 radical (unpaired) electrons. The molecule has 0 aliphatic carbocycles. The van der Waals surface area contributed by atoms with Crippen LogP contribution in [0.15, 0.2) is 34.9 Å². The van der Waals surface area contributed by atoms with Gasteiger partial charge in [-0.25, -0.2) is 0 Å². The fourth-order valence-corrected chi connectivity index (χ4v) is 2.21. The average molecular weight is 295 g/mol. The van der Waals surface area contributed by atoms with Crippen molar-refractivity contribution in [1.82, 2.24) is 10.3 Å². The van der Waals surface area contributed by atoms with Gasteiger partial charge in [0.2, 0.25) is 0 Å². The number of benzene rings is 1. The summed E-state index contributed by atoms with van der Waals surface area (Å²) in [5.74, 6) is 0. The third kappa shape index (κ3) is 3.03. The Hall–Kier alpha value is -0.970. The Morgan fingerprint density at radius 3 is 3.00 bits per heavy atom. The van der Waals surface area contributed by atoms with Crippen LogP contribution in [0.2, 0.25) is 0 Å². The van der Waals surface area contributed by atoms with Crippen molar-refractivity contribution < 1.29 is 5.11 Å². The van der Waals surface area contributed by atoms with E-state index in [4.69, 9.17) is 0 Å². The molecule has 2 rings (SSSR count). The highest BCUT2D eigenvalue weighted by Crippen LogP contribution is 2.24. The number of rotatable bonds is 4. The number of nitrogens with one attached hydrogen (secondary N) is 1. The van der Waals surface area contributed by atoms with E-state index >= 15 is 0 Å². The molecule has 0 bridgehead atoms. The fraction of sp³-hybridized carbons (Fsp3) is 0.308. The molecule has 1 aromatic carbocycles. The van der Waals surface area contributed by atoms with Gasteiger partial charge >= 0.3 is 0 Å². The summed E-state index contributed by atoms with van der Waals surface area (Å²) in [4.78, 5) is 4.41. The van der Waals surface area contributed by atoms with Gasteiger partial charge in [0.15, 0.2) is 0 Å². The first-order chi connectivity index (χ1) is 8.18. The van der Waals surface area contributed by atoms with E-state index in [1.807, 2.05) is 18.2 Å². The molecule has 1 aromatic heterocycles. The van der Waals surface area contributed by atoms with E-state index < -0.39 is 0 Å². The zero-order chi connectivity index (χ0) is 12.3. The molecule has 90 valence electrons. The maximum atomic E-state index is 9.20. The van der Waals surface area contributed by atoms with Gasteiger partial charge in [-0.2, -0.15) is 0 Å². The van der Waals surface area contributed by atoms with Crippen LogP contribution in [0.1, 0.15) is 12.5 Å². The monoisotopic (exact) mass is 294 g/mol. The smallest absolute Gasteiger partial charge is 0.0758 e. The van der Waals surface area contributed by atoms with Gasteiger partial charge in [-0.1, -0.05) is 28.1 Å². The van der Waals surface area contributed by atoms with E-state index in [1.54, 1.807) is 13.1 Å². The minimum Gasteiger partial charge on any atom is -0.392 e. The van der Waals surface area contributed by atoms with Crippen molar-refractivity contribution in [1.29, 1.82) is 0 Å². The van der Waals surface area contributed by atoms with Gasteiger partial charge in [0, 0.05) is 29.1 Å². The van der Waals surface area contributed by atoms with Crippen molar-refractivity contribution in [3.05, 3.63) is 40.5 Å². The lowest BCUT2D eigenvalue weighted by Gasteiger charge is -2.09. The number of halogens is 1. The van der Waals surface area contributed by atoms with Gasteiger partial charge in [-0.05, 0) is 24.6 Å². The second-order valence-corrected chi connectivity index (χ2v) is 4.94. The number of nitrogens with zero attached hydrogens (tertiary/aromatic N) is 1. The van der Waals surface area contributed by atoms with Crippen LogP contribution in [-0.4, -0.2) is 22.7 Å². The summed E-state index contributed by atoms with van der Waals surface area (Å²) in [6.45, 7) is 3.07. The Kier molecular flexibility index (Phi) is 4.10. The second kappa shape index (κ2) is 5.58. The molecular formula is C13H15BrN2O. The second-order valence-electron chi connectivity index (χ2n) is 4.09. The van der Waals surface area contributed by atoms with Gasteiger partial charge in [-0.15, -0.1) is 0 Å². The minimum absolute atomic E-state index is 0.329. The molecule has 1 heterocycles. The van der Waals surface area contributed by atoms with E-state index in [0.29, 0.717) is 13.1 Å². The van der Waals surface area contributed by atoms with Crippen molar-refractivity contribution in [3.8, 4) is 0 Å². The molecule has 2 N–H and O–H groups in total. The van der Waals surface area contributed by atoms with Gasteiger partial charge in [0.25, 0.3) is 0 Å². The highest BCUT2D eigenvalue weighted by molar-refractivity contribution is 9.10. The van der Waals surface area contributed by atoms with E-state index in [1.165, 1.54) is 0 Å². The summed E-state index contributed by atoms with van der Waals surface area (Å²) >= 11 is 3.52. The SMILES string of the molecule is CC(O)CNCc1ccc(Br)c2cccnc12. The van der Waals surface area contributed by atoms with Crippen molar-refractivity contribution >= 4 is 26.8 Å². The Labute approximate surface area is 109 Å². The third-order valence-electron chi connectivity index (χ3n) is 2.56. The minimum atomic E-state index is -0.329. The molecule has 0 aliphatic rings. The van der Waals surface area contributed by atoms with Crippen LogP contribution < -0.4 is 5.32 Å². The first kappa shape index (κ1) is 12.5. The fourth-order valence-electron chi connectivity index (χ4n) is 1.75. The molecule has 0 amide bonds. The summed E-state index contributed by atoms with van der Waals surface area (Å²) in [5, 5.41) is 13.5. The maximum absolute atomic E-state index is 9.20. The molecule has 1 unspecified atom stereocenters. The molecule has 1 atom stereocenters. The summed E-state index contributed by atoms with van der Waals surface area (Å²) in [5.41, 5.74) is 2.14. The van der Waals surface area contributed by atoms with E-state index in [-0.39, 0.29) is 6.10 Å². The number of hydrogen-bond donors (Lipinski definition) is 2. The van der Waals surface area contributed by atoms with Gasteiger partial charge < -0.3 is 10.4 Å². The maximum Gasteiger partial charge on any atom is 0.0758 e. The normalized spacial score (nSPS) is 12.9. The summed E-state index contributed by atoms with van der Waals surface area (Å²) in [6.07, 6.45) is 1.47. The van der Waals surface area contributed by atoms with Gasteiger partial charge in [-0.3, -0.25) is 4.98 Å². The number of aliphatic hydroxyl groups excluding tert-OH is 1. The zero-order valence-corrected chi connectivity index (χ0v) is 11.2. The highest BCUT2D eigenvalue weighted by atomic mass is 79.9. The lowest BCUT2D eigenvalue weighted by Crippen LogP contribution is -2.24. The molecule has 0 spiro atoms.